The molecule has 0 aliphatic heterocycles. The van der Waals surface area contributed by atoms with Crippen LogP contribution < -0.4 is 0 Å². The van der Waals surface area contributed by atoms with Crippen molar-refractivity contribution in [2.75, 3.05) is 0 Å². The molecule has 0 aliphatic carbocycles. The summed E-state index contributed by atoms with van der Waals surface area (Å²) in [4.78, 5) is 15.3. The first-order chi connectivity index (χ1) is 13.4. The van der Waals surface area contributed by atoms with E-state index < -0.39 is 5.97 Å². The fourth-order valence-corrected chi connectivity index (χ4v) is 3.47. The van der Waals surface area contributed by atoms with Gasteiger partial charge in [0.2, 0.25) is 0 Å². The van der Waals surface area contributed by atoms with Crippen molar-refractivity contribution in [2.45, 2.75) is 26.7 Å². The number of aryl methyl sites for hydroxylation is 1. The van der Waals surface area contributed by atoms with Crippen molar-refractivity contribution in [3.63, 3.8) is 0 Å². The molecule has 1 heterocycles. The first kappa shape index (κ1) is 19.3. The van der Waals surface area contributed by atoms with Gasteiger partial charge in [0, 0.05) is 17.8 Å². The largest absolute Gasteiger partial charge is 0.478 e. The van der Waals surface area contributed by atoms with Gasteiger partial charge in [0.25, 0.3) is 0 Å². The van der Waals surface area contributed by atoms with E-state index in [1.54, 1.807) is 18.3 Å². The average molecular weight is 374 g/mol. The highest BCUT2D eigenvalue weighted by Crippen LogP contribution is 2.31. The van der Waals surface area contributed by atoms with Crippen LogP contribution in [0.1, 0.15) is 45.6 Å². The van der Waals surface area contributed by atoms with Gasteiger partial charge < -0.3 is 10.3 Å². The number of rotatable bonds is 5. The predicted octanol–water partition coefficient (Wildman–Crippen LogP) is 5.05. The van der Waals surface area contributed by atoms with E-state index in [0.29, 0.717) is 11.3 Å². The molecule has 3 aromatic rings. The van der Waals surface area contributed by atoms with Crippen LogP contribution in [0.5, 0.6) is 0 Å². The number of benzene rings is 2. The van der Waals surface area contributed by atoms with Gasteiger partial charge in [-0.05, 0) is 65.9 Å². The van der Waals surface area contributed by atoms with Gasteiger partial charge >= 0.3 is 5.97 Å². The Morgan fingerprint density at radius 2 is 1.71 bits per heavy atom. The lowest BCUT2D eigenvalue weighted by Crippen LogP contribution is -2.13. The number of oxime groups is 1. The Morgan fingerprint density at radius 3 is 2.32 bits per heavy atom. The monoisotopic (exact) mass is 374 g/mol. The Labute approximate surface area is 164 Å². The molecule has 5 nitrogen and oxygen atoms in total. The number of hydrogen-bond donors (Lipinski definition) is 2. The molecule has 5 heteroatoms. The van der Waals surface area contributed by atoms with E-state index in [9.17, 15) is 10.0 Å². The van der Waals surface area contributed by atoms with Gasteiger partial charge in [-0.1, -0.05) is 42.4 Å². The SMILES string of the molecule is Cc1cc(-c2cccc([C@@H](C)/C(=N\O)c3ccc(C(=O)O)cc3)c2C)ccn1. The number of hydrogen-bond acceptors (Lipinski definition) is 4. The van der Waals surface area contributed by atoms with Crippen molar-refractivity contribution in [1.82, 2.24) is 4.98 Å². The van der Waals surface area contributed by atoms with Crippen LogP contribution in [-0.4, -0.2) is 27.0 Å². The molecule has 0 aliphatic rings. The zero-order chi connectivity index (χ0) is 20.3. The highest BCUT2D eigenvalue weighted by atomic mass is 16.4. The second-order valence-corrected chi connectivity index (χ2v) is 6.80. The van der Waals surface area contributed by atoms with Crippen LogP contribution in [0.4, 0.5) is 0 Å². The third kappa shape index (κ3) is 3.78. The second-order valence-electron chi connectivity index (χ2n) is 6.80. The van der Waals surface area contributed by atoms with Gasteiger partial charge in [0.15, 0.2) is 0 Å². The van der Waals surface area contributed by atoms with Gasteiger partial charge in [-0.15, -0.1) is 0 Å². The Bertz CT molecular complexity index is 1040. The maximum atomic E-state index is 11.1. The number of pyridine rings is 1. The molecule has 0 spiro atoms. The fraction of sp³-hybridized carbons (Fsp3) is 0.174. The Balaban J connectivity index is 2.00. The molecule has 2 aromatic carbocycles. The molecule has 0 radical (unpaired) electrons. The number of carboxylic acids is 1. The van der Waals surface area contributed by atoms with Crippen LogP contribution in [0.3, 0.4) is 0 Å². The minimum Gasteiger partial charge on any atom is -0.478 e. The zero-order valence-corrected chi connectivity index (χ0v) is 16.0. The van der Waals surface area contributed by atoms with Crippen molar-refractivity contribution in [3.05, 3.63) is 88.7 Å². The lowest BCUT2D eigenvalue weighted by molar-refractivity contribution is 0.0697. The fourth-order valence-electron chi connectivity index (χ4n) is 3.47. The van der Waals surface area contributed by atoms with E-state index in [4.69, 9.17) is 5.11 Å². The van der Waals surface area contributed by atoms with Gasteiger partial charge in [0.05, 0.1) is 11.3 Å². The maximum Gasteiger partial charge on any atom is 0.335 e. The molecule has 28 heavy (non-hydrogen) atoms. The standard InChI is InChI=1S/C23H22N2O3/c1-14-13-19(11-12-24-14)21-6-4-5-20(15(21)2)16(3)22(25-28)17-7-9-18(10-8-17)23(26)27/h4-13,16,28H,1-3H3,(H,26,27)/b25-22+/t16-/m1/s1. The minimum atomic E-state index is -0.988. The quantitative estimate of drug-likeness (QED) is 0.372. The molecule has 0 saturated carbocycles. The van der Waals surface area contributed by atoms with E-state index >= 15 is 0 Å². The third-order valence-electron chi connectivity index (χ3n) is 5.00. The Hall–Kier alpha value is -3.47. The first-order valence-corrected chi connectivity index (χ1v) is 9.00. The summed E-state index contributed by atoms with van der Waals surface area (Å²) >= 11 is 0. The Kier molecular flexibility index (Phi) is 5.54. The summed E-state index contributed by atoms with van der Waals surface area (Å²) in [6.45, 7) is 5.99. The number of aromatic carboxylic acids is 1. The lowest BCUT2D eigenvalue weighted by Gasteiger charge is -2.19. The van der Waals surface area contributed by atoms with E-state index in [1.165, 1.54) is 12.1 Å². The molecule has 1 atom stereocenters. The molecule has 1 aromatic heterocycles. The molecule has 0 bridgehead atoms. The molecule has 0 unspecified atom stereocenters. The first-order valence-electron chi connectivity index (χ1n) is 9.00. The molecule has 142 valence electrons. The number of carbonyl (C=O) groups is 1. The number of aromatic nitrogens is 1. The summed E-state index contributed by atoms with van der Waals surface area (Å²) in [6, 6.07) is 16.5. The predicted molar refractivity (Wildman–Crippen MR) is 109 cm³/mol. The van der Waals surface area contributed by atoms with Crippen LogP contribution in [0.15, 0.2) is 65.9 Å². The summed E-state index contributed by atoms with van der Waals surface area (Å²) < 4.78 is 0. The van der Waals surface area contributed by atoms with Crippen molar-refractivity contribution in [3.8, 4) is 11.1 Å². The molecule has 0 saturated heterocycles. The summed E-state index contributed by atoms with van der Waals surface area (Å²) in [5.74, 6) is -1.16. The highest BCUT2D eigenvalue weighted by Gasteiger charge is 2.20. The zero-order valence-electron chi connectivity index (χ0n) is 16.0. The van der Waals surface area contributed by atoms with Crippen LogP contribution in [0.2, 0.25) is 0 Å². The summed E-state index contributed by atoms with van der Waals surface area (Å²) in [5.41, 5.74) is 6.66. The molecule has 0 amide bonds. The summed E-state index contributed by atoms with van der Waals surface area (Å²) in [7, 11) is 0. The highest BCUT2D eigenvalue weighted by molar-refractivity contribution is 6.05. The normalized spacial score (nSPS) is 12.6. The second kappa shape index (κ2) is 8.05. The van der Waals surface area contributed by atoms with Gasteiger partial charge in [-0.2, -0.15) is 0 Å². The van der Waals surface area contributed by atoms with Crippen molar-refractivity contribution < 1.29 is 15.1 Å². The summed E-state index contributed by atoms with van der Waals surface area (Å²) in [5, 5.41) is 22.3. The van der Waals surface area contributed by atoms with Crippen molar-refractivity contribution in [1.29, 1.82) is 0 Å². The van der Waals surface area contributed by atoms with Crippen LogP contribution in [-0.2, 0) is 0 Å². The molecular weight excluding hydrogens is 352 g/mol. The van der Waals surface area contributed by atoms with Crippen molar-refractivity contribution >= 4 is 11.7 Å². The minimum absolute atomic E-state index is 0.177. The molecule has 3 rings (SSSR count). The summed E-state index contributed by atoms with van der Waals surface area (Å²) in [6.07, 6.45) is 1.80. The van der Waals surface area contributed by atoms with Gasteiger partial charge in [-0.3, -0.25) is 4.98 Å². The van der Waals surface area contributed by atoms with Gasteiger partial charge in [-0.25, -0.2) is 4.79 Å². The number of carboxylic acid groups (broad SMARTS) is 1. The van der Waals surface area contributed by atoms with Crippen LogP contribution in [0, 0.1) is 13.8 Å². The van der Waals surface area contributed by atoms with E-state index in [0.717, 1.165) is 27.9 Å². The smallest absolute Gasteiger partial charge is 0.335 e. The van der Waals surface area contributed by atoms with E-state index in [1.807, 2.05) is 38.1 Å². The Morgan fingerprint density at radius 1 is 1.04 bits per heavy atom. The maximum absolute atomic E-state index is 11.1. The number of nitrogens with zero attached hydrogens (tertiary/aromatic N) is 2. The third-order valence-corrected chi connectivity index (χ3v) is 5.00. The van der Waals surface area contributed by atoms with E-state index in [-0.39, 0.29) is 11.5 Å². The van der Waals surface area contributed by atoms with Gasteiger partial charge in [0.1, 0.15) is 0 Å². The van der Waals surface area contributed by atoms with E-state index in [2.05, 4.69) is 23.1 Å². The van der Waals surface area contributed by atoms with Crippen LogP contribution >= 0.6 is 0 Å². The topological polar surface area (TPSA) is 82.8 Å². The lowest BCUT2D eigenvalue weighted by atomic mass is 9.85. The molecule has 2 N–H and O–H groups in total. The van der Waals surface area contributed by atoms with Crippen LogP contribution in [0.25, 0.3) is 11.1 Å². The van der Waals surface area contributed by atoms with Crippen molar-refractivity contribution in [2.24, 2.45) is 5.16 Å². The average Bonchev–Trinajstić information content (AvgIpc) is 2.69. The molecular formula is C23H22N2O3. The molecule has 0 fully saturated rings.